The Labute approximate surface area is 211 Å². The first-order chi connectivity index (χ1) is 17.5. The van der Waals surface area contributed by atoms with Gasteiger partial charge in [-0.3, -0.25) is 0 Å². The first-order valence-corrected chi connectivity index (χ1v) is 13.2. The normalized spacial score (nSPS) is 12.0. The van der Waals surface area contributed by atoms with E-state index in [2.05, 4.69) is 4.72 Å². The van der Waals surface area contributed by atoms with E-state index in [0.717, 1.165) is 16.2 Å². The van der Waals surface area contributed by atoms with Gasteiger partial charge in [0.1, 0.15) is 5.75 Å². The minimum Gasteiger partial charge on any atom is -0.462 e. The molecular weight excluding hydrogens is 474 g/mol. The predicted molar refractivity (Wildman–Crippen MR) is 142 cm³/mol. The Hall–Kier alpha value is -3.94. The molecule has 6 nitrogen and oxygen atoms in total. The van der Waals surface area contributed by atoms with Crippen LogP contribution in [0, 0.1) is 0 Å². The number of fused-ring (bicyclic) bond motifs is 1. The van der Waals surface area contributed by atoms with Gasteiger partial charge in [0.15, 0.2) is 0 Å². The fraction of sp³-hybridized carbons (Fsp3) is 0.138. The van der Waals surface area contributed by atoms with Gasteiger partial charge in [-0.1, -0.05) is 104 Å². The molecule has 0 saturated carbocycles. The summed E-state index contributed by atoms with van der Waals surface area (Å²) in [6.07, 6.45) is -0.984. The second kappa shape index (κ2) is 11.7. The van der Waals surface area contributed by atoms with Crippen molar-refractivity contribution in [3.63, 3.8) is 0 Å². The maximum atomic E-state index is 13.4. The van der Waals surface area contributed by atoms with Crippen LogP contribution in [0.15, 0.2) is 109 Å². The van der Waals surface area contributed by atoms with Crippen LogP contribution in [0.4, 0.5) is 0 Å². The lowest BCUT2D eigenvalue weighted by Crippen LogP contribution is -2.45. The molecule has 36 heavy (non-hydrogen) atoms. The van der Waals surface area contributed by atoms with Gasteiger partial charge < -0.3 is 9.47 Å². The van der Waals surface area contributed by atoms with Crippen LogP contribution in [0.2, 0.25) is 0 Å². The summed E-state index contributed by atoms with van der Waals surface area (Å²) in [5.41, 5.74) is 1.91. The fourth-order valence-corrected chi connectivity index (χ4v) is 4.79. The van der Waals surface area contributed by atoms with E-state index in [4.69, 9.17) is 9.47 Å². The largest absolute Gasteiger partial charge is 0.462 e. The number of hydrogen-bond acceptors (Lipinski definition) is 5. The molecule has 0 heterocycles. The van der Waals surface area contributed by atoms with Crippen LogP contribution < -0.4 is 9.46 Å². The first-order valence-electron chi connectivity index (χ1n) is 11.6. The molecule has 0 aliphatic heterocycles. The first kappa shape index (κ1) is 25.2. The fourth-order valence-electron chi connectivity index (χ4n) is 3.70. The van der Waals surface area contributed by atoms with Gasteiger partial charge >= 0.3 is 5.97 Å². The molecule has 0 amide bonds. The molecule has 0 fully saturated rings. The Morgan fingerprint density at radius 3 is 2.06 bits per heavy atom. The molecule has 1 N–H and O–H groups in total. The molecule has 0 aromatic heterocycles. The molecule has 7 heteroatoms. The van der Waals surface area contributed by atoms with Gasteiger partial charge in [0.25, 0.3) is 6.23 Å². The Morgan fingerprint density at radius 2 is 1.42 bits per heavy atom. The van der Waals surface area contributed by atoms with Crippen molar-refractivity contribution in [3.05, 3.63) is 120 Å². The summed E-state index contributed by atoms with van der Waals surface area (Å²) in [5, 5.41) is 2.76. The van der Waals surface area contributed by atoms with Crippen LogP contribution in [0.3, 0.4) is 0 Å². The van der Waals surface area contributed by atoms with Crippen molar-refractivity contribution in [1.82, 2.24) is 4.72 Å². The lowest BCUT2D eigenvalue weighted by atomic mass is 10.00. The summed E-state index contributed by atoms with van der Waals surface area (Å²) >= 11 is 0. The lowest BCUT2D eigenvalue weighted by Gasteiger charge is -2.20. The Morgan fingerprint density at radius 1 is 0.833 bits per heavy atom. The zero-order valence-electron chi connectivity index (χ0n) is 19.8. The maximum Gasteiger partial charge on any atom is 0.364 e. The van der Waals surface area contributed by atoms with Crippen molar-refractivity contribution in [2.75, 3.05) is 6.61 Å². The van der Waals surface area contributed by atoms with Gasteiger partial charge in [-0.2, -0.15) is 4.72 Å². The van der Waals surface area contributed by atoms with Crippen LogP contribution in [-0.4, -0.2) is 27.2 Å². The number of esters is 1. The average Bonchev–Trinajstić information content (AvgIpc) is 2.91. The molecule has 0 aliphatic carbocycles. The summed E-state index contributed by atoms with van der Waals surface area (Å²) in [6, 6.07) is 31.2. The van der Waals surface area contributed by atoms with Crippen LogP contribution in [0.5, 0.6) is 5.75 Å². The van der Waals surface area contributed by atoms with Crippen molar-refractivity contribution in [2.45, 2.75) is 19.6 Å². The minimum atomic E-state index is -4.16. The number of ether oxygens (including phenoxy) is 2. The molecule has 4 aromatic rings. The summed E-state index contributed by atoms with van der Waals surface area (Å²) in [4.78, 5) is 12.9. The van der Waals surface area contributed by atoms with Gasteiger partial charge in [0, 0.05) is 11.0 Å². The third-order valence-electron chi connectivity index (χ3n) is 5.37. The molecule has 0 spiro atoms. The van der Waals surface area contributed by atoms with Crippen molar-refractivity contribution in [2.24, 2.45) is 0 Å². The molecule has 0 aliphatic rings. The Kier molecular flexibility index (Phi) is 8.15. The van der Waals surface area contributed by atoms with E-state index in [1.165, 1.54) is 0 Å². The van der Waals surface area contributed by atoms with E-state index in [1.54, 1.807) is 12.1 Å². The zero-order valence-corrected chi connectivity index (χ0v) is 20.6. The molecule has 1 unspecified atom stereocenters. The highest BCUT2D eigenvalue weighted by Gasteiger charge is 2.28. The Bertz CT molecular complexity index is 1400. The Balaban J connectivity index is 1.70. The monoisotopic (exact) mass is 501 g/mol. The maximum absolute atomic E-state index is 13.4. The summed E-state index contributed by atoms with van der Waals surface area (Å²) in [5.74, 6) is -0.452. The molecule has 0 radical (unpaired) electrons. The van der Waals surface area contributed by atoms with Crippen molar-refractivity contribution in [3.8, 4) is 5.75 Å². The number of carbonyl (C=O) groups is 1. The summed E-state index contributed by atoms with van der Waals surface area (Å²) < 4.78 is 40.3. The average molecular weight is 502 g/mol. The minimum absolute atomic E-state index is 0.144. The van der Waals surface area contributed by atoms with Crippen LogP contribution in [-0.2, 0) is 19.6 Å². The van der Waals surface area contributed by atoms with Gasteiger partial charge in [-0.25, -0.2) is 13.2 Å². The standard InChI is InChI=1S/C29H27NO5S/c1-2-20-34-29(31)28(35-27-19-11-17-22-16-9-10-18-25(22)27)30-36(32,33)21-26(23-12-5-3-6-13-23)24-14-7-4-8-15-24/h3-19,21,28,30H,2,20H2,1H3. The van der Waals surface area contributed by atoms with Crippen molar-refractivity contribution < 1.29 is 22.7 Å². The van der Waals surface area contributed by atoms with Crippen LogP contribution in [0.25, 0.3) is 16.3 Å². The quantitative estimate of drug-likeness (QED) is 0.229. The number of sulfonamides is 1. The zero-order chi connectivity index (χ0) is 25.4. The van der Waals surface area contributed by atoms with Crippen molar-refractivity contribution >= 4 is 32.3 Å². The number of carbonyl (C=O) groups excluding carboxylic acids is 1. The summed E-state index contributed by atoms with van der Waals surface area (Å²) in [7, 11) is -4.16. The van der Waals surface area contributed by atoms with E-state index in [1.807, 2.05) is 97.9 Å². The number of rotatable bonds is 10. The molecule has 184 valence electrons. The smallest absolute Gasteiger partial charge is 0.364 e. The highest BCUT2D eigenvalue weighted by molar-refractivity contribution is 7.92. The van der Waals surface area contributed by atoms with Gasteiger partial charge in [-0.05, 0) is 29.0 Å². The van der Waals surface area contributed by atoms with Gasteiger partial charge in [0.2, 0.25) is 10.0 Å². The summed E-state index contributed by atoms with van der Waals surface area (Å²) in [6.45, 7) is 2.00. The van der Waals surface area contributed by atoms with E-state index < -0.39 is 22.2 Å². The third kappa shape index (κ3) is 6.38. The number of benzene rings is 4. The predicted octanol–water partition coefficient (Wildman–Crippen LogP) is 5.51. The second-order valence-electron chi connectivity index (χ2n) is 8.07. The number of hydrogen-bond donors (Lipinski definition) is 1. The van der Waals surface area contributed by atoms with E-state index in [0.29, 0.717) is 28.9 Å². The molecule has 4 aromatic carbocycles. The third-order valence-corrected chi connectivity index (χ3v) is 6.46. The number of nitrogens with one attached hydrogen (secondary N) is 1. The molecular formula is C29H27NO5S. The van der Waals surface area contributed by atoms with E-state index in [9.17, 15) is 13.2 Å². The van der Waals surface area contributed by atoms with Crippen molar-refractivity contribution in [1.29, 1.82) is 0 Å². The van der Waals surface area contributed by atoms with Gasteiger partial charge in [-0.15, -0.1) is 0 Å². The molecule has 0 saturated heterocycles. The highest BCUT2D eigenvalue weighted by Crippen LogP contribution is 2.27. The van der Waals surface area contributed by atoms with Crippen LogP contribution in [0.1, 0.15) is 24.5 Å². The van der Waals surface area contributed by atoms with E-state index in [-0.39, 0.29) is 6.61 Å². The molecule has 0 bridgehead atoms. The topological polar surface area (TPSA) is 81.7 Å². The van der Waals surface area contributed by atoms with Crippen LogP contribution >= 0.6 is 0 Å². The lowest BCUT2D eigenvalue weighted by molar-refractivity contribution is -0.152. The molecule has 4 rings (SSSR count). The van der Waals surface area contributed by atoms with E-state index >= 15 is 0 Å². The SMILES string of the molecule is CCCOC(=O)C(NS(=O)(=O)C=C(c1ccccc1)c1ccccc1)Oc1cccc2ccccc12. The highest BCUT2D eigenvalue weighted by atomic mass is 32.2. The molecule has 1 atom stereocenters. The second-order valence-corrected chi connectivity index (χ2v) is 9.63. The van der Waals surface area contributed by atoms with Gasteiger partial charge in [0.05, 0.1) is 12.0 Å².